The Morgan fingerprint density at radius 1 is 1.18 bits per heavy atom. The van der Waals surface area contributed by atoms with Crippen molar-refractivity contribution in [2.45, 2.75) is 78.8 Å². The van der Waals surface area contributed by atoms with Gasteiger partial charge in [-0.3, -0.25) is 9.59 Å². The fraction of sp³-hybridized carbons (Fsp3) is 0.909. The number of rotatable bonds is 11. The lowest BCUT2D eigenvalue weighted by atomic mass is 9.70. The van der Waals surface area contributed by atoms with Crippen LogP contribution in [-0.4, -0.2) is 42.5 Å². The number of amides is 2. The van der Waals surface area contributed by atoms with Crippen LogP contribution in [0.4, 0.5) is 0 Å². The third-order valence-corrected chi connectivity index (χ3v) is 6.60. The Balaban J connectivity index is 2.65. The third kappa shape index (κ3) is 8.73. The van der Waals surface area contributed by atoms with Gasteiger partial charge in [0.05, 0.1) is 6.04 Å². The Kier molecular flexibility index (Phi) is 11.5. The lowest BCUT2D eigenvalue weighted by Crippen LogP contribution is -2.51. The first-order chi connectivity index (χ1) is 13.1. The van der Waals surface area contributed by atoms with Gasteiger partial charge in [0.2, 0.25) is 11.8 Å². The van der Waals surface area contributed by atoms with Gasteiger partial charge in [-0.1, -0.05) is 41.0 Å². The first-order valence-corrected chi connectivity index (χ1v) is 12.4. The molecule has 0 aliphatic heterocycles. The average molecular weight is 414 g/mol. The molecule has 0 aromatic carbocycles. The van der Waals surface area contributed by atoms with E-state index in [1.807, 2.05) is 6.26 Å². The van der Waals surface area contributed by atoms with Gasteiger partial charge >= 0.3 is 0 Å². The summed E-state index contributed by atoms with van der Waals surface area (Å²) in [7, 11) is 0. The SMILES string of the molecule is CSCC[C@H](N)C(=O)N[C@H](CNC(=O)[C@@H]1C[C@H](C)CC[C@H]1C(C)C)CC(C)C. The van der Waals surface area contributed by atoms with Gasteiger partial charge < -0.3 is 16.4 Å². The van der Waals surface area contributed by atoms with Crippen LogP contribution in [0, 0.1) is 29.6 Å². The fourth-order valence-electron chi connectivity index (χ4n) is 4.31. The number of nitrogens with one attached hydrogen (secondary N) is 2. The van der Waals surface area contributed by atoms with Gasteiger partial charge in [0.25, 0.3) is 0 Å². The van der Waals surface area contributed by atoms with Crippen LogP contribution in [0.2, 0.25) is 0 Å². The van der Waals surface area contributed by atoms with Crippen molar-refractivity contribution < 1.29 is 9.59 Å². The maximum atomic E-state index is 13.0. The Morgan fingerprint density at radius 2 is 1.86 bits per heavy atom. The minimum absolute atomic E-state index is 0.0738. The summed E-state index contributed by atoms with van der Waals surface area (Å²) in [6, 6.07) is -0.558. The largest absolute Gasteiger partial charge is 0.354 e. The number of hydrogen-bond acceptors (Lipinski definition) is 4. The van der Waals surface area contributed by atoms with Crippen LogP contribution in [0.25, 0.3) is 0 Å². The fourth-order valence-corrected chi connectivity index (χ4v) is 4.79. The molecule has 6 heteroatoms. The van der Waals surface area contributed by atoms with Gasteiger partial charge in [0.1, 0.15) is 0 Å². The van der Waals surface area contributed by atoms with Crippen LogP contribution in [-0.2, 0) is 9.59 Å². The Bertz CT molecular complexity index is 484. The Labute approximate surface area is 176 Å². The molecule has 0 radical (unpaired) electrons. The molecule has 1 saturated carbocycles. The van der Waals surface area contributed by atoms with E-state index in [4.69, 9.17) is 5.73 Å². The zero-order valence-corrected chi connectivity index (χ0v) is 19.6. The third-order valence-electron chi connectivity index (χ3n) is 5.95. The molecule has 0 bridgehead atoms. The van der Waals surface area contributed by atoms with Gasteiger partial charge in [0.15, 0.2) is 0 Å². The minimum atomic E-state index is -0.484. The van der Waals surface area contributed by atoms with E-state index in [-0.39, 0.29) is 23.8 Å². The van der Waals surface area contributed by atoms with E-state index in [0.29, 0.717) is 36.6 Å². The number of carbonyl (C=O) groups is 2. The second kappa shape index (κ2) is 12.7. The van der Waals surface area contributed by atoms with Crippen LogP contribution < -0.4 is 16.4 Å². The van der Waals surface area contributed by atoms with Gasteiger partial charge in [-0.15, -0.1) is 0 Å². The van der Waals surface area contributed by atoms with E-state index < -0.39 is 6.04 Å². The molecule has 164 valence electrons. The molecular weight excluding hydrogens is 370 g/mol. The van der Waals surface area contributed by atoms with Crippen LogP contribution >= 0.6 is 11.8 Å². The molecule has 4 N–H and O–H groups in total. The maximum Gasteiger partial charge on any atom is 0.237 e. The first-order valence-electron chi connectivity index (χ1n) is 11.0. The molecule has 1 fully saturated rings. The van der Waals surface area contributed by atoms with Crippen LogP contribution in [0.5, 0.6) is 0 Å². The molecule has 0 heterocycles. The van der Waals surface area contributed by atoms with E-state index >= 15 is 0 Å². The van der Waals surface area contributed by atoms with Gasteiger partial charge in [-0.25, -0.2) is 0 Å². The summed E-state index contributed by atoms with van der Waals surface area (Å²) in [6.07, 6.45) is 6.83. The molecule has 0 saturated heterocycles. The van der Waals surface area contributed by atoms with Gasteiger partial charge in [0, 0.05) is 18.5 Å². The average Bonchev–Trinajstić information content (AvgIpc) is 2.62. The summed E-state index contributed by atoms with van der Waals surface area (Å²) in [6.45, 7) is 11.4. The highest BCUT2D eigenvalue weighted by Gasteiger charge is 2.35. The molecule has 0 spiro atoms. The summed E-state index contributed by atoms with van der Waals surface area (Å²) >= 11 is 1.69. The maximum absolute atomic E-state index is 13.0. The second-order valence-corrected chi connectivity index (χ2v) is 10.4. The van der Waals surface area contributed by atoms with Crippen LogP contribution in [0.15, 0.2) is 0 Å². The summed E-state index contributed by atoms with van der Waals surface area (Å²) in [5.74, 6) is 3.01. The van der Waals surface area contributed by atoms with Crippen molar-refractivity contribution in [1.82, 2.24) is 10.6 Å². The van der Waals surface area contributed by atoms with Crippen molar-refractivity contribution >= 4 is 23.6 Å². The smallest absolute Gasteiger partial charge is 0.237 e. The topological polar surface area (TPSA) is 84.2 Å². The van der Waals surface area contributed by atoms with Gasteiger partial charge in [-0.05, 0) is 61.4 Å². The van der Waals surface area contributed by atoms with E-state index in [1.165, 1.54) is 6.42 Å². The van der Waals surface area contributed by atoms with E-state index in [9.17, 15) is 9.59 Å². The molecule has 1 aliphatic carbocycles. The molecule has 5 nitrogen and oxygen atoms in total. The van der Waals surface area contributed by atoms with E-state index in [2.05, 4.69) is 45.3 Å². The van der Waals surface area contributed by atoms with Crippen molar-refractivity contribution in [2.75, 3.05) is 18.6 Å². The second-order valence-electron chi connectivity index (χ2n) is 9.40. The molecular formula is C22H43N3O2S. The summed E-state index contributed by atoms with van der Waals surface area (Å²) < 4.78 is 0. The molecule has 1 rings (SSSR count). The number of hydrogen-bond donors (Lipinski definition) is 3. The Hall–Kier alpha value is -0.750. The van der Waals surface area contributed by atoms with Crippen molar-refractivity contribution in [3.63, 3.8) is 0 Å². The molecule has 5 atom stereocenters. The molecule has 0 unspecified atom stereocenters. The number of thioether (sulfide) groups is 1. The standard InChI is InChI=1S/C22H43N3O2S/c1-14(2)11-17(25-22(27)20(23)9-10-28-6)13-24-21(26)19-12-16(5)7-8-18(19)15(3)4/h14-20H,7-13,23H2,1-6H3,(H,24,26)(H,25,27)/t16-,17+,18+,19-,20+/m1/s1. The lowest BCUT2D eigenvalue weighted by molar-refractivity contribution is -0.130. The van der Waals surface area contributed by atoms with E-state index in [1.54, 1.807) is 11.8 Å². The number of nitrogens with two attached hydrogens (primary N) is 1. The number of carbonyl (C=O) groups excluding carboxylic acids is 2. The molecule has 28 heavy (non-hydrogen) atoms. The Morgan fingerprint density at radius 3 is 2.43 bits per heavy atom. The van der Waals surface area contributed by atoms with Crippen molar-refractivity contribution in [2.24, 2.45) is 35.3 Å². The molecule has 0 aromatic heterocycles. The molecule has 1 aliphatic rings. The zero-order valence-electron chi connectivity index (χ0n) is 18.8. The minimum Gasteiger partial charge on any atom is -0.354 e. The predicted octanol–water partition coefficient (Wildman–Crippen LogP) is 3.42. The van der Waals surface area contributed by atoms with Crippen LogP contribution in [0.3, 0.4) is 0 Å². The van der Waals surface area contributed by atoms with Gasteiger partial charge in [-0.2, -0.15) is 11.8 Å². The molecule has 2 amide bonds. The lowest BCUT2D eigenvalue weighted by Gasteiger charge is -2.36. The molecule has 0 aromatic rings. The highest BCUT2D eigenvalue weighted by molar-refractivity contribution is 7.98. The highest BCUT2D eigenvalue weighted by atomic mass is 32.2. The summed E-state index contributed by atoms with van der Waals surface area (Å²) in [5.41, 5.74) is 6.01. The monoisotopic (exact) mass is 413 g/mol. The predicted molar refractivity (Wildman–Crippen MR) is 120 cm³/mol. The van der Waals surface area contributed by atoms with Crippen molar-refractivity contribution in [3.05, 3.63) is 0 Å². The zero-order chi connectivity index (χ0) is 21.3. The quantitative estimate of drug-likeness (QED) is 0.484. The van der Waals surface area contributed by atoms with Crippen molar-refractivity contribution in [3.8, 4) is 0 Å². The first kappa shape index (κ1) is 25.3. The summed E-state index contributed by atoms with van der Waals surface area (Å²) in [4.78, 5) is 25.4. The highest BCUT2D eigenvalue weighted by Crippen LogP contribution is 2.38. The van der Waals surface area contributed by atoms with Crippen molar-refractivity contribution in [1.29, 1.82) is 0 Å². The van der Waals surface area contributed by atoms with E-state index in [0.717, 1.165) is 25.0 Å². The normalized spacial score (nSPS) is 24.8. The van der Waals surface area contributed by atoms with Crippen LogP contribution in [0.1, 0.15) is 66.7 Å². The summed E-state index contributed by atoms with van der Waals surface area (Å²) in [5, 5.41) is 6.22.